The smallest absolute Gasteiger partial charge is 0.220 e. The van der Waals surface area contributed by atoms with Crippen LogP contribution >= 0.6 is 0 Å². The van der Waals surface area contributed by atoms with E-state index in [1.807, 2.05) is 13.8 Å². The molecule has 1 heterocycles. The van der Waals surface area contributed by atoms with Gasteiger partial charge in [0.1, 0.15) is 11.5 Å². The van der Waals surface area contributed by atoms with Crippen LogP contribution in [0.25, 0.3) is 5.76 Å². The van der Waals surface area contributed by atoms with Gasteiger partial charge in [0.2, 0.25) is 5.95 Å². The first-order valence-corrected chi connectivity index (χ1v) is 4.06. The highest BCUT2D eigenvalue weighted by atomic mass is 16.5. The number of aryl methyl sites for hydroxylation is 1. The number of anilines is 1. The fourth-order valence-electron chi connectivity index (χ4n) is 0.983. The summed E-state index contributed by atoms with van der Waals surface area (Å²) in [5.41, 5.74) is 6.93. The van der Waals surface area contributed by atoms with Crippen LogP contribution in [-0.4, -0.2) is 16.6 Å². The number of nitrogen functional groups attached to an aromatic ring is 1. The van der Waals surface area contributed by atoms with Gasteiger partial charge in [-0.2, -0.15) is 0 Å². The molecule has 70 valence electrons. The lowest BCUT2D eigenvalue weighted by Gasteiger charge is -2.06. The molecule has 1 aromatic rings. The summed E-state index contributed by atoms with van der Waals surface area (Å²) >= 11 is 0. The second kappa shape index (κ2) is 3.89. The van der Waals surface area contributed by atoms with E-state index in [4.69, 9.17) is 10.5 Å². The molecule has 0 fully saturated rings. The van der Waals surface area contributed by atoms with E-state index in [1.54, 1.807) is 6.07 Å². The molecule has 0 aliphatic rings. The fraction of sp³-hybridized carbons (Fsp3) is 0.333. The van der Waals surface area contributed by atoms with Crippen LogP contribution in [0.1, 0.15) is 18.3 Å². The molecule has 0 atom stereocenters. The van der Waals surface area contributed by atoms with Gasteiger partial charge in [-0.25, -0.2) is 9.97 Å². The predicted octanol–water partition coefficient (Wildman–Crippen LogP) is 1.37. The molecule has 0 radical (unpaired) electrons. The number of nitrogens with zero attached hydrogens (tertiary/aromatic N) is 2. The van der Waals surface area contributed by atoms with Gasteiger partial charge < -0.3 is 10.5 Å². The van der Waals surface area contributed by atoms with Crippen molar-refractivity contribution in [1.29, 1.82) is 0 Å². The summed E-state index contributed by atoms with van der Waals surface area (Å²) in [4.78, 5) is 7.94. The summed E-state index contributed by atoms with van der Waals surface area (Å²) in [6.45, 7) is 8.04. The Morgan fingerprint density at radius 3 is 2.85 bits per heavy atom. The molecule has 0 saturated heterocycles. The SMILES string of the molecule is C=C(OCC)c1cc(C)nc(N)n1. The zero-order valence-electron chi connectivity index (χ0n) is 7.87. The minimum absolute atomic E-state index is 0.246. The Bertz CT molecular complexity index is 302. The molecular formula is C9H13N3O. The van der Waals surface area contributed by atoms with Crippen molar-refractivity contribution in [2.24, 2.45) is 0 Å². The summed E-state index contributed by atoms with van der Waals surface area (Å²) in [5, 5.41) is 0. The van der Waals surface area contributed by atoms with E-state index < -0.39 is 0 Å². The highest BCUT2D eigenvalue weighted by Gasteiger charge is 2.03. The van der Waals surface area contributed by atoms with Crippen molar-refractivity contribution in [2.45, 2.75) is 13.8 Å². The second-order valence-corrected chi connectivity index (χ2v) is 2.61. The Labute approximate surface area is 77.5 Å². The van der Waals surface area contributed by atoms with Crippen LogP contribution in [0.5, 0.6) is 0 Å². The van der Waals surface area contributed by atoms with Crippen molar-refractivity contribution in [3.63, 3.8) is 0 Å². The van der Waals surface area contributed by atoms with E-state index in [2.05, 4.69) is 16.5 Å². The quantitative estimate of drug-likeness (QED) is 0.712. The van der Waals surface area contributed by atoms with E-state index in [1.165, 1.54) is 0 Å². The molecule has 0 saturated carbocycles. The highest BCUT2D eigenvalue weighted by molar-refractivity contribution is 5.54. The molecule has 0 unspecified atom stereocenters. The first-order chi connectivity index (χ1) is 6.13. The van der Waals surface area contributed by atoms with E-state index in [0.717, 1.165) is 5.69 Å². The molecule has 0 aliphatic carbocycles. The Kier molecular flexibility index (Phi) is 2.84. The second-order valence-electron chi connectivity index (χ2n) is 2.61. The third-order valence-corrected chi connectivity index (χ3v) is 1.48. The van der Waals surface area contributed by atoms with Gasteiger partial charge in [0, 0.05) is 5.69 Å². The summed E-state index contributed by atoms with van der Waals surface area (Å²) in [6.07, 6.45) is 0. The average Bonchev–Trinajstić information content (AvgIpc) is 2.03. The van der Waals surface area contributed by atoms with E-state index in [-0.39, 0.29) is 5.95 Å². The number of ether oxygens (including phenoxy) is 1. The van der Waals surface area contributed by atoms with Gasteiger partial charge in [-0.15, -0.1) is 0 Å². The fourth-order valence-corrected chi connectivity index (χ4v) is 0.983. The Morgan fingerprint density at radius 1 is 1.62 bits per heavy atom. The normalized spacial score (nSPS) is 9.69. The molecule has 4 nitrogen and oxygen atoms in total. The van der Waals surface area contributed by atoms with Crippen molar-refractivity contribution in [3.8, 4) is 0 Å². The predicted molar refractivity (Wildman–Crippen MR) is 51.8 cm³/mol. The molecule has 0 aliphatic heterocycles. The molecule has 4 heteroatoms. The van der Waals surface area contributed by atoms with E-state index in [0.29, 0.717) is 18.1 Å². The molecule has 0 spiro atoms. The van der Waals surface area contributed by atoms with Gasteiger partial charge in [0.15, 0.2) is 0 Å². The number of aromatic nitrogens is 2. The van der Waals surface area contributed by atoms with E-state index in [9.17, 15) is 0 Å². The molecule has 1 aromatic heterocycles. The molecule has 13 heavy (non-hydrogen) atoms. The van der Waals surface area contributed by atoms with Crippen LogP contribution < -0.4 is 5.73 Å². The lowest BCUT2D eigenvalue weighted by Crippen LogP contribution is -2.01. The maximum absolute atomic E-state index is 5.47. The van der Waals surface area contributed by atoms with Crippen molar-refractivity contribution in [1.82, 2.24) is 9.97 Å². The minimum atomic E-state index is 0.246. The third kappa shape index (κ3) is 2.43. The maximum atomic E-state index is 5.47. The molecule has 0 aromatic carbocycles. The first kappa shape index (κ1) is 9.51. The topological polar surface area (TPSA) is 61.0 Å². The molecular weight excluding hydrogens is 166 g/mol. The van der Waals surface area contributed by atoms with Crippen LogP contribution in [-0.2, 0) is 4.74 Å². The number of hydrogen-bond donors (Lipinski definition) is 1. The van der Waals surface area contributed by atoms with Crippen molar-refractivity contribution < 1.29 is 4.74 Å². The van der Waals surface area contributed by atoms with Crippen molar-refractivity contribution in [2.75, 3.05) is 12.3 Å². The van der Waals surface area contributed by atoms with Crippen molar-refractivity contribution in [3.05, 3.63) is 24.0 Å². The zero-order valence-corrected chi connectivity index (χ0v) is 7.87. The van der Waals surface area contributed by atoms with Crippen LogP contribution in [0.3, 0.4) is 0 Å². The lowest BCUT2D eigenvalue weighted by atomic mass is 10.3. The molecule has 0 bridgehead atoms. The monoisotopic (exact) mass is 179 g/mol. The van der Waals surface area contributed by atoms with Gasteiger partial charge in [-0.05, 0) is 19.9 Å². The number of hydrogen-bond acceptors (Lipinski definition) is 4. The van der Waals surface area contributed by atoms with Crippen LogP contribution in [0, 0.1) is 6.92 Å². The third-order valence-electron chi connectivity index (χ3n) is 1.48. The van der Waals surface area contributed by atoms with Gasteiger partial charge in [-0.1, -0.05) is 6.58 Å². The van der Waals surface area contributed by atoms with E-state index >= 15 is 0 Å². The van der Waals surface area contributed by atoms with Crippen LogP contribution in [0.4, 0.5) is 5.95 Å². The Balaban J connectivity index is 2.94. The Morgan fingerprint density at radius 2 is 2.31 bits per heavy atom. The average molecular weight is 179 g/mol. The zero-order chi connectivity index (χ0) is 9.84. The molecule has 0 amide bonds. The number of rotatable bonds is 3. The van der Waals surface area contributed by atoms with Crippen LogP contribution in [0.2, 0.25) is 0 Å². The summed E-state index contributed by atoms with van der Waals surface area (Å²) in [6, 6.07) is 1.79. The van der Waals surface area contributed by atoms with Crippen molar-refractivity contribution >= 4 is 11.7 Å². The minimum Gasteiger partial charge on any atom is -0.492 e. The summed E-state index contributed by atoms with van der Waals surface area (Å²) in [7, 11) is 0. The van der Waals surface area contributed by atoms with Crippen LogP contribution in [0.15, 0.2) is 12.6 Å². The Hall–Kier alpha value is -1.58. The highest BCUT2D eigenvalue weighted by Crippen LogP contribution is 2.12. The van der Waals surface area contributed by atoms with Gasteiger partial charge in [0.25, 0.3) is 0 Å². The first-order valence-electron chi connectivity index (χ1n) is 4.06. The largest absolute Gasteiger partial charge is 0.492 e. The van der Waals surface area contributed by atoms with Gasteiger partial charge >= 0.3 is 0 Å². The number of nitrogens with two attached hydrogens (primary N) is 1. The maximum Gasteiger partial charge on any atom is 0.220 e. The molecule has 1 rings (SSSR count). The summed E-state index contributed by atoms with van der Waals surface area (Å²) < 4.78 is 5.20. The lowest BCUT2D eigenvalue weighted by molar-refractivity contribution is 0.297. The summed E-state index contributed by atoms with van der Waals surface area (Å²) in [5.74, 6) is 0.774. The molecule has 2 N–H and O–H groups in total. The standard InChI is InChI=1S/C9H13N3O/c1-4-13-7(3)8-5-6(2)11-9(10)12-8/h5H,3-4H2,1-2H3,(H2,10,11,12). The van der Waals surface area contributed by atoms with Gasteiger partial charge in [-0.3, -0.25) is 0 Å². The van der Waals surface area contributed by atoms with Gasteiger partial charge in [0.05, 0.1) is 6.61 Å².